The van der Waals surface area contributed by atoms with Gasteiger partial charge in [0, 0.05) is 0 Å². The molecule has 0 aromatic carbocycles. The maximum absolute atomic E-state index is 10.8. The van der Waals surface area contributed by atoms with Crippen LogP contribution in [0.1, 0.15) is 0 Å². The molecular formula is C18H32O16S. The van der Waals surface area contributed by atoms with Gasteiger partial charge in [-0.2, -0.15) is 0 Å². The summed E-state index contributed by atoms with van der Waals surface area (Å²) >= 11 is 3.52. The minimum Gasteiger partial charge on any atom is -0.394 e. The van der Waals surface area contributed by atoms with Crippen LogP contribution in [0.4, 0.5) is 0 Å². The van der Waals surface area contributed by atoms with Crippen molar-refractivity contribution in [3.8, 4) is 0 Å². The van der Waals surface area contributed by atoms with Gasteiger partial charge in [-0.15, -0.1) is 0 Å². The normalized spacial score (nSPS) is 51.3. The van der Waals surface area contributed by atoms with Gasteiger partial charge in [0.1, 0.15) is 73.2 Å². The van der Waals surface area contributed by atoms with Crippen molar-refractivity contribution < 1.29 is 78.9 Å². The number of rotatable bonds is 8. The fourth-order valence-corrected chi connectivity index (χ4v) is 4.30. The van der Waals surface area contributed by atoms with Crippen molar-refractivity contribution in [2.45, 2.75) is 92.1 Å². The van der Waals surface area contributed by atoms with E-state index in [1.165, 1.54) is 0 Å². The number of aliphatic hydroxyl groups excluding tert-OH is 10. The molecule has 0 saturated carbocycles. The summed E-state index contributed by atoms with van der Waals surface area (Å²) in [6, 6.07) is 0. The van der Waals surface area contributed by atoms with Gasteiger partial charge in [-0.05, 0) is 12.9 Å². The van der Waals surface area contributed by atoms with Gasteiger partial charge in [-0.1, -0.05) is 0 Å². The van der Waals surface area contributed by atoms with Crippen molar-refractivity contribution in [1.82, 2.24) is 0 Å². The Bertz CT molecular complexity index is 658. The number of ether oxygens (including phenoxy) is 5. The second-order valence-corrected chi connectivity index (χ2v) is 8.63. The van der Waals surface area contributed by atoms with Gasteiger partial charge < -0.3 is 74.7 Å². The smallest absolute Gasteiger partial charge is 0.199 e. The number of hydrogen-bond donors (Lipinski definition) is 11. The predicted octanol–water partition coefficient (Wildman–Crippen LogP) is -6.70. The van der Waals surface area contributed by atoms with Crippen molar-refractivity contribution >= 4 is 12.9 Å². The molecule has 35 heavy (non-hydrogen) atoms. The van der Waals surface area contributed by atoms with Crippen LogP contribution in [0.5, 0.6) is 0 Å². The van der Waals surface area contributed by atoms with Crippen LogP contribution in [0.15, 0.2) is 0 Å². The average Bonchev–Trinajstić information content (AvgIpc) is 2.86. The van der Waals surface area contributed by atoms with Gasteiger partial charge in [0.2, 0.25) is 0 Å². The molecule has 0 spiro atoms. The summed E-state index contributed by atoms with van der Waals surface area (Å²) in [5.74, 6) is 0. The van der Waals surface area contributed by atoms with Crippen molar-refractivity contribution in [3.05, 3.63) is 0 Å². The van der Waals surface area contributed by atoms with Crippen molar-refractivity contribution in [1.29, 1.82) is 0 Å². The number of aliphatic hydroxyl groups is 10. The van der Waals surface area contributed by atoms with Crippen molar-refractivity contribution in [2.75, 3.05) is 19.8 Å². The summed E-state index contributed by atoms with van der Waals surface area (Å²) in [6.45, 7) is -2.27. The molecule has 3 heterocycles. The molecule has 0 aromatic rings. The minimum absolute atomic E-state index is 0.720. The molecule has 3 rings (SSSR count). The molecule has 206 valence electrons. The van der Waals surface area contributed by atoms with E-state index < -0.39 is 112 Å². The third-order valence-corrected chi connectivity index (χ3v) is 6.39. The van der Waals surface area contributed by atoms with Crippen LogP contribution in [-0.2, 0) is 27.9 Å². The molecule has 3 aliphatic heterocycles. The Morgan fingerprint density at radius 3 is 1.49 bits per heavy atom. The molecule has 9 unspecified atom stereocenters. The van der Waals surface area contributed by atoms with Crippen LogP contribution in [-0.4, -0.2) is 163 Å². The van der Waals surface area contributed by atoms with Gasteiger partial charge >= 0.3 is 0 Å². The molecule has 0 bridgehead atoms. The summed E-state index contributed by atoms with van der Waals surface area (Å²) in [5, 5.41) is 101. The van der Waals surface area contributed by atoms with Crippen LogP contribution in [0.25, 0.3) is 0 Å². The first kappa shape index (κ1) is 29.3. The highest BCUT2D eigenvalue weighted by Gasteiger charge is 2.53. The van der Waals surface area contributed by atoms with Crippen molar-refractivity contribution in [2.24, 2.45) is 0 Å². The second kappa shape index (κ2) is 12.5. The minimum atomic E-state index is -1.89. The van der Waals surface area contributed by atoms with Crippen LogP contribution < -0.4 is 0 Å². The zero-order chi connectivity index (χ0) is 26.0. The summed E-state index contributed by atoms with van der Waals surface area (Å²) in [6.07, 6.45) is -24.5. The molecule has 0 aromatic heterocycles. The van der Waals surface area contributed by atoms with E-state index in [-0.39, 0.29) is 0 Å². The van der Waals surface area contributed by atoms with E-state index in [9.17, 15) is 51.1 Å². The number of hydrogen-bond acceptors (Lipinski definition) is 17. The van der Waals surface area contributed by atoms with Gasteiger partial charge in [-0.3, -0.25) is 4.18 Å². The van der Waals surface area contributed by atoms with Gasteiger partial charge in [-0.25, -0.2) is 0 Å². The second-order valence-electron chi connectivity index (χ2n) is 8.42. The van der Waals surface area contributed by atoms with Crippen LogP contribution in [0.3, 0.4) is 0 Å². The van der Waals surface area contributed by atoms with Crippen molar-refractivity contribution in [3.63, 3.8) is 0 Å². The number of thiol groups is 1. The molecule has 0 radical (unpaired) electrons. The third-order valence-electron chi connectivity index (χ3n) is 6.18. The van der Waals surface area contributed by atoms with E-state index in [4.69, 9.17) is 23.7 Å². The van der Waals surface area contributed by atoms with E-state index in [1.807, 2.05) is 0 Å². The molecule has 3 saturated heterocycles. The third kappa shape index (κ3) is 5.91. The zero-order valence-electron chi connectivity index (χ0n) is 18.2. The Morgan fingerprint density at radius 2 is 0.943 bits per heavy atom. The Morgan fingerprint density at radius 1 is 0.486 bits per heavy atom. The Balaban J connectivity index is 1.78. The summed E-state index contributed by atoms with van der Waals surface area (Å²) in [4.78, 5) is 0. The summed E-state index contributed by atoms with van der Waals surface area (Å²) in [5.41, 5.74) is 0. The van der Waals surface area contributed by atoms with Gasteiger partial charge in [0.05, 0.1) is 19.8 Å². The van der Waals surface area contributed by atoms with E-state index in [2.05, 4.69) is 17.1 Å². The molecule has 15 atom stereocenters. The van der Waals surface area contributed by atoms with Gasteiger partial charge in [0.15, 0.2) is 18.9 Å². The molecule has 3 aliphatic rings. The lowest BCUT2D eigenvalue weighted by Crippen LogP contribution is -2.66. The molecule has 0 amide bonds. The molecule has 0 aliphatic carbocycles. The Hall–Kier alpha value is -0.290. The Labute approximate surface area is 204 Å². The fraction of sp³-hybridized carbons (Fsp3) is 1.00. The first-order chi connectivity index (χ1) is 16.6. The highest BCUT2D eigenvalue weighted by atomic mass is 32.1. The first-order valence-corrected chi connectivity index (χ1v) is 11.1. The predicted molar refractivity (Wildman–Crippen MR) is 109 cm³/mol. The molecular weight excluding hydrogens is 504 g/mol. The highest BCUT2D eigenvalue weighted by Crippen LogP contribution is 2.32. The fourth-order valence-electron chi connectivity index (χ4n) is 4.12. The van der Waals surface area contributed by atoms with Crippen LogP contribution in [0.2, 0.25) is 0 Å². The first-order valence-electron chi connectivity index (χ1n) is 10.8. The lowest BCUT2D eigenvalue weighted by molar-refractivity contribution is -0.377. The van der Waals surface area contributed by atoms with Crippen LogP contribution >= 0.6 is 12.9 Å². The van der Waals surface area contributed by atoms with E-state index in [1.54, 1.807) is 0 Å². The largest absolute Gasteiger partial charge is 0.394 e. The maximum Gasteiger partial charge on any atom is 0.199 e. The van der Waals surface area contributed by atoms with E-state index in [0.29, 0.717) is 0 Å². The topological polar surface area (TPSA) is 258 Å². The standard InChI is InChI=1S/C18H32O16S/c19-1-4-7(22)9(24)11(26)16(29-4)33-15-8(23)5(2-20)30-17(13(15)28)32-14-6(3-21)31-18(34-35)12(27)10(14)25/h4-28,35H,1-3H2/t4?,5?,6?,7-,8-,9?,10?,11?,12?,13?,14+,15?,16+,17-,18-/m0/s1. The summed E-state index contributed by atoms with van der Waals surface area (Å²) < 4.78 is 31.4. The average molecular weight is 537 g/mol. The summed E-state index contributed by atoms with van der Waals surface area (Å²) in [7, 11) is 0. The lowest BCUT2D eigenvalue weighted by atomic mass is 9.96. The molecule has 10 N–H and O–H groups in total. The monoisotopic (exact) mass is 536 g/mol. The molecule has 17 heteroatoms. The molecule has 3 fully saturated rings. The lowest BCUT2D eigenvalue weighted by Gasteiger charge is -2.48. The SMILES string of the molecule is OCC1O[C@H](OC2C(O)[C@H](O[C@@H]3C(CO)O[C@@H](OS)C(O)C3O)OC(CO)[C@@H]2O)C(O)C(O)[C@H]1O. The van der Waals surface area contributed by atoms with E-state index in [0.717, 1.165) is 0 Å². The van der Waals surface area contributed by atoms with Gasteiger partial charge in [0.25, 0.3) is 0 Å². The highest BCUT2D eigenvalue weighted by molar-refractivity contribution is 7.75. The zero-order valence-corrected chi connectivity index (χ0v) is 19.0. The maximum atomic E-state index is 10.8. The van der Waals surface area contributed by atoms with E-state index >= 15 is 0 Å². The molecule has 16 nitrogen and oxygen atoms in total. The van der Waals surface area contributed by atoms with Crippen LogP contribution in [0, 0.1) is 0 Å². The quantitative estimate of drug-likeness (QED) is 0.102. The Kier molecular flexibility index (Phi) is 10.5.